The number of fused-ring (bicyclic) bond motifs is 3. The van der Waals surface area contributed by atoms with E-state index in [9.17, 15) is 27.6 Å². The molecule has 15 heteroatoms. The van der Waals surface area contributed by atoms with Crippen LogP contribution in [0.3, 0.4) is 0 Å². The van der Waals surface area contributed by atoms with Crippen molar-refractivity contribution in [2.75, 3.05) is 13.7 Å². The molecule has 3 aliphatic carbocycles. The van der Waals surface area contributed by atoms with E-state index in [1.54, 1.807) is 0 Å². The first-order chi connectivity index (χ1) is 21.6. The highest BCUT2D eigenvalue weighted by atomic mass is 32.2. The van der Waals surface area contributed by atoms with Gasteiger partial charge in [0.25, 0.3) is 5.91 Å². The number of carbonyl (C=O) groups excluding carboxylic acids is 4. The molecule has 0 aromatic heterocycles. The number of ether oxygens (including phenoxy) is 1. The highest BCUT2D eigenvalue weighted by Gasteiger charge is 2.62. The number of methoxy groups -OCH3 is 1. The highest BCUT2D eigenvalue weighted by molar-refractivity contribution is 7.91. The first-order valence-corrected chi connectivity index (χ1v) is 16.0. The molecule has 0 bridgehead atoms. The summed E-state index contributed by atoms with van der Waals surface area (Å²) in [6, 6.07) is 13.5. The number of oxime groups is 1. The number of hydrazine groups is 1. The van der Waals surface area contributed by atoms with Crippen LogP contribution in [-0.4, -0.2) is 79.6 Å². The largest absolute Gasteiger partial charge is 0.452 e. The van der Waals surface area contributed by atoms with E-state index >= 15 is 0 Å². The standard InChI is InChI=1S/C30H32N6O8S/c1-3-17-15-30(17,27(38)35-45(41,42)19-12-13-19)31-26(37)24-14-18(16-36(24)28(39)32-33-29(40)43-2)44-34-25-22-10-6-4-8-20(22)21-9-5-7-11-23(21)25/h3-11,17-19,24H,1,12-16H2,2H3,(H,31,37)(H,32,39)(H,33,40)(H,35,38)/t17-,18?,24+,30?/m1/s1. The van der Waals surface area contributed by atoms with Gasteiger partial charge in [-0.05, 0) is 30.4 Å². The van der Waals surface area contributed by atoms with Crippen molar-refractivity contribution in [3.05, 3.63) is 72.3 Å². The Kier molecular flexibility index (Phi) is 7.72. The summed E-state index contributed by atoms with van der Waals surface area (Å²) < 4.78 is 31.6. The van der Waals surface area contributed by atoms with E-state index in [0.29, 0.717) is 18.6 Å². The normalized spacial score (nSPS) is 24.4. The molecule has 45 heavy (non-hydrogen) atoms. The first-order valence-electron chi connectivity index (χ1n) is 14.4. The Bertz CT molecular complexity index is 1680. The lowest BCUT2D eigenvalue weighted by Crippen LogP contribution is -2.58. The molecule has 6 rings (SSSR count). The Morgan fingerprint density at radius 1 is 1.00 bits per heavy atom. The second-order valence-electron chi connectivity index (χ2n) is 11.4. The predicted octanol–water partition coefficient (Wildman–Crippen LogP) is 1.53. The van der Waals surface area contributed by atoms with Crippen molar-refractivity contribution in [3.8, 4) is 11.1 Å². The van der Waals surface area contributed by atoms with Crippen LogP contribution in [0.5, 0.6) is 0 Å². The zero-order chi connectivity index (χ0) is 31.9. The smallest absolute Gasteiger partial charge is 0.425 e. The number of nitrogens with zero attached hydrogens (tertiary/aromatic N) is 2. The summed E-state index contributed by atoms with van der Waals surface area (Å²) in [6.45, 7) is 3.62. The van der Waals surface area contributed by atoms with Crippen molar-refractivity contribution in [1.29, 1.82) is 0 Å². The Morgan fingerprint density at radius 2 is 1.62 bits per heavy atom. The van der Waals surface area contributed by atoms with Gasteiger partial charge in [0.05, 0.1) is 18.9 Å². The lowest BCUT2D eigenvalue weighted by molar-refractivity contribution is -0.131. The monoisotopic (exact) mass is 636 g/mol. The van der Waals surface area contributed by atoms with E-state index in [1.165, 1.54) is 6.08 Å². The summed E-state index contributed by atoms with van der Waals surface area (Å²) >= 11 is 0. The minimum atomic E-state index is -3.87. The van der Waals surface area contributed by atoms with Crippen molar-refractivity contribution in [2.24, 2.45) is 11.1 Å². The molecule has 0 spiro atoms. The molecule has 5 amide bonds. The molecule has 4 aliphatic rings. The van der Waals surface area contributed by atoms with Crippen LogP contribution < -0.4 is 20.9 Å². The number of benzene rings is 2. The number of hydrogen-bond donors (Lipinski definition) is 4. The molecule has 0 radical (unpaired) electrons. The van der Waals surface area contributed by atoms with Gasteiger partial charge in [-0.1, -0.05) is 59.8 Å². The Balaban J connectivity index is 1.22. The average Bonchev–Trinajstić information content (AvgIpc) is 3.95. The minimum Gasteiger partial charge on any atom is -0.452 e. The Labute approximate surface area is 259 Å². The molecular weight excluding hydrogens is 604 g/mol. The number of hydrogen-bond acceptors (Lipinski definition) is 9. The second-order valence-corrected chi connectivity index (χ2v) is 13.4. The first kappa shape index (κ1) is 30.1. The van der Waals surface area contributed by atoms with Crippen LogP contribution >= 0.6 is 0 Å². The average molecular weight is 637 g/mol. The summed E-state index contributed by atoms with van der Waals surface area (Å²) in [5.41, 5.74) is 7.09. The molecule has 3 fully saturated rings. The molecule has 1 saturated heterocycles. The van der Waals surface area contributed by atoms with Gasteiger partial charge in [-0.15, -0.1) is 6.58 Å². The van der Waals surface area contributed by atoms with Gasteiger partial charge < -0.3 is 19.8 Å². The van der Waals surface area contributed by atoms with Crippen LogP contribution in [0.4, 0.5) is 9.59 Å². The lowest BCUT2D eigenvalue weighted by Gasteiger charge is -2.26. The van der Waals surface area contributed by atoms with Crippen LogP contribution in [0.15, 0.2) is 66.3 Å². The molecule has 2 aromatic rings. The van der Waals surface area contributed by atoms with Gasteiger partial charge in [0.1, 0.15) is 23.4 Å². The maximum atomic E-state index is 13.7. The van der Waals surface area contributed by atoms with Crippen LogP contribution in [0, 0.1) is 5.92 Å². The van der Waals surface area contributed by atoms with E-state index in [1.807, 2.05) is 48.5 Å². The molecule has 1 heterocycles. The summed E-state index contributed by atoms with van der Waals surface area (Å²) in [5.74, 6) is -2.07. The van der Waals surface area contributed by atoms with E-state index in [-0.39, 0.29) is 19.4 Å². The molecular formula is C30H32N6O8S. The summed E-state index contributed by atoms with van der Waals surface area (Å²) in [4.78, 5) is 58.7. The number of nitrogens with one attached hydrogen (secondary N) is 4. The second kappa shape index (κ2) is 11.5. The van der Waals surface area contributed by atoms with E-state index in [0.717, 1.165) is 34.3 Å². The van der Waals surface area contributed by atoms with Crippen LogP contribution in [0.25, 0.3) is 11.1 Å². The summed E-state index contributed by atoms with van der Waals surface area (Å²) in [6.07, 6.45) is 0.857. The zero-order valence-electron chi connectivity index (χ0n) is 24.3. The van der Waals surface area contributed by atoms with Crippen LogP contribution in [0.2, 0.25) is 0 Å². The summed E-state index contributed by atoms with van der Waals surface area (Å²) in [5, 5.41) is 6.51. The van der Waals surface area contributed by atoms with Crippen molar-refractivity contribution >= 4 is 39.7 Å². The molecule has 1 aliphatic heterocycles. The number of sulfonamides is 1. The van der Waals surface area contributed by atoms with Gasteiger partial charge in [0.15, 0.2) is 0 Å². The third-order valence-corrected chi connectivity index (χ3v) is 10.3. The van der Waals surface area contributed by atoms with Crippen molar-refractivity contribution < 1.29 is 37.2 Å². The van der Waals surface area contributed by atoms with Gasteiger partial charge in [-0.3, -0.25) is 14.3 Å². The van der Waals surface area contributed by atoms with Gasteiger partial charge in [0, 0.05) is 23.5 Å². The topological polar surface area (TPSA) is 185 Å². The molecule has 4 N–H and O–H groups in total. The number of amides is 5. The number of urea groups is 1. The fourth-order valence-corrected chi connectivity index (χ4v) is 7.18. The zero-order valence-corrected chi connectivity index (χ0v) is 25.1. The maximum Gasteiger partial charge on any atom is 0.425 e. The number of carbonyl (C=O) groups is 4. The Morgan fingerprint density at radius 3 is 2.18 bits per heavy atom. The molecule has 2 aromatic carbocycles. The number of rotatable bonds is 8. The Hall–Kier alpha value is -4.92. The molecule has 14 nitrogen and oxygen atoms in total. The summed E-state index contributed by atoms with van der Waals surface area (Å²) in [7, 11) is -2.75. The van der Waals surface area contributed by atoms with Gasteiger partial charge in [0.2, 0.25) is 15.9 Å². The third-order valence-electron chi connectivity index (χ3n) is 8.48. The van der Waals surface area contributed by atoms with Gasteiger partial charge in [-0.2, -0.15) is 0 Å². The molecule has 2 saturated carbocycles. The van der Waals surface area contributed by atoms with E-state index in [4.69, 9.17) is 4.84 Å². The fourth-order valence-electron chi connectivity index (χ4n) is 5.81. The fraction of sp³-hybridized carbons (Fsp3) is 0.367. The molecule has 4 atom stereocenters. The lowest BCUT2D eigenvalue weighted by atomic mass is 10.1. The highest BCUT2D eigenvalue weighted by Crippen LogP contribution is 2.45. The minimum absolute atomic E-state index is 0.00558. The molecule has 2 unspecified atom stereocenters. The number of likely N-dealkylation sites (tertiary alicyclic amines) is 1. The van der Waals surface area contributed by atoms with Gasteiger partial charge in [-0.25, -0.2) is 28.9 Å². The third kappa shape index (κ3) is 5.70. The van der Waals surface area contributed by atoms with Gasteiger partial charge >= 0.3 is 12.1 Å². The molecule has 236 valence electrons. The quantitative estimate of drug-likeness (QED) is 0.212. The van der Waals surface area contributed by atoms with E-state index in [2.05, 4.69) is 37.4 Å². The SMILES string of the molecule is C=C[C@@H]1CC1(NC(=O)[C@@H]1CC(ON=C2c3ccccc3-c3ccccc32)CN1C(=O)NNC(=O)OC)C(=O)NS(=O)(=O)C1CC1. The maximum absolute atomic E-state index is 13.7. The van der Waals surface area contributed by atoms with Crippen molar-refractivity contribution in [1.82, 2.24) is 25.8 Å². The van der Waals surface area contributed by atoms with Crippen LogP contribution in [-0.2, 0) is 29.2 Å². The van der Waals surface area contributed by atoms with Crippen molar-refractivity contribution in [2.45, 2.75) is 48.6 Å². The van der Waals surface area contributed by atoms with Crippen LogP contribution in [0.1, 0.15) is 36.8 Å². The van der Waals surface area contributed by atoms with E-state index < -0.39 is 62.8 Å². The predicted molar refractivity (Wildman–Crippen MR) is 161 cm³/mol. The van der Waals surface area contributed by atoms with Crippen molar-refractivity contribution in [3.63, 3.8) is 0 Å².